The third-order valence-electron chi connectivity index (χ3n) is 6.77. The predicted molar refractivity (Wildman–Crippen MR) is 129 cm³/mol. The number of aryl methyl sites for hydroxylation is 1. The number of hydrogen-bond donors (Lipinski definition) is 1. The van der Waals surface area contributed by atoms with Crippen LogP contribution in [0.1, 0.15) is 61.3 Å². The number of carbonyl (C=O) groups is 1. The van der Waals surface area contributed by atoms with Crippen LogP contribution >= 0.6 is 0 Å². The Morgan fingerprint density at radius 3 is 2.46 bits per heavy atom. The molecule has 10 heteroatoms. The van der Waals surface area contributed by atoms with Gasteiger partial charge in [-0.1, -0.05) is 0 Å². The number of nitrogens with one attached hydrogen (secondary N) is 1. The van der Waals surface area contributed by atoms with E-state index in [1.54, 1.807) is 26.8 Å². The number of sulfone groups is 1. The number of benzene rings is 2. The van der Waals surface area contributed by atoms with E-state index in [4.69, 9.17) is 4.74 Å². The second kappa shape index (κ2) is 7.89. The number of aromatic nitrogens is 1. The molecule has 5 rings (SSSR count). The maximum atomic E-state index is 13.8. The number of ether oxygens (including phenoxy) is 1. The quantitative estimate of drug-likeness (QED) is 0.325. The highest BCUT2D eigenvalue weighted by atomic mass is 32.2. The number of fused-ring (bicyclic) bond motifs is 6. The summed E-state index contributed by atoms with van der Waals surface area (Å²) in [4.78, 5) is 23.8. The van der Waals surface area contributed by atoms with E-state index in [9.17, 15) is 23.3 Å². The Hall–Kier alpha value is -3.24. The average molecular weight is 498 g/mol. The van der Waals surface area contributed by atoms with E-state index in [0.717, 1.165) is 48.2 Å². The molecule has 1 aromatic heterocycles. The predicted octanol–water partition coefficient (Wildman–Crippen LogP) is 4.22. The molecule has 0 aliphatic carbocycles. The minimum absolute atomic E-state index is 0.0137. The van der Waals surface area contributed by atoms with Crippen LogP contribution in [0.3, 0.4) is 0 Å². The van der Waals surface area contributed by atoms with Gasteiger partial charge in [0.15, 0.2) is 0 Å². The van der Waals surface area contributed by atoms with Crippen LogP contribution in [0.5, 0.6) is 0 Å². The zero-order valence-corrected chi connectivity index (χ0v) is 20.8. The van der Waals surface area contributed by atoms with Crippen molar-refractivity contribution < 1.29 is 22.9 Å². The van der Waals surface area contributed by atoms with Crippen LogP contribution in [0.25, 0.3) is 10.9 Å². The van der Waals surface area contributed by atoms with Crippen LogP contribution < -0.4 is 5.32 Å². The highest BCUT2D eigenvalue weighted by Crippen LogP contribution is 2.44. The van der Waals surface area contributed by atoms with Crippen LogP contribution in [0.15, 0.2) is 46.2 Å². The largest absolute Gasteiger partial charge is 0.456 e. The Balaban J connectivity index is 1.79. The minimum Gasteiger partial charge on any atom is -0.456 e. The summed E-state index contributed by atoms with van der Waals surface area (Å²) in [7, 11) is -2.25. The van der Waals surface area contributed by atoms with Crippen LogP contribution in [0, 0.1) is 10.1 Å². The number of esters is 1. The van der Waals surface area contributed by atoms with Gasteiger partial charge in [-0.2, -0.15) is 0 Å². The third kappa shape index (κ3) is 3.81. The zero-order chi connectivity index (χ0) is 25.3. The molecule has 1 fully saturated rings. The molecule has 3 heterocycles. The molecule has 35 heavy (non-hydrogen) atoms. The second-order valence-corrected chi connectivity index (χ2v) is 12.1. The molecule has 0 spiro atoms. The first-order chi connectivity index (χ1) is 16.4. The lowest BCUT2D eigenvalue weighted by Gasteiger charge is -2.24. The van der Waals surface area contributed by atoms with Crippen molar-refractivity contribution in [1.29, 1.82) is 0 Å². The number of rotatable bonds is 4. The number of non-ortho nitro benzene ring substituents is 1. The highest BCUT2D eigenvalue weighted by Gasteiger charge is 2.39. The molecule has 2 aliphatic rings. The standard InChI is InChI=1S/C25H27N3O6S/c1-25(2,3)34-24(29)23-20(35(32,33)16-8-6-15(7-9-16)28(30)31)12-11-18-22(23)21-17-10-5-14(26-17)13-19(21)27(18)4/h6-9,11-12,14,17,26H,5,10,13H2,1-4H3. The molecule has 2 aliphatic heterocycles. The van der Waals surface area contributed by atoms with Crippen molar-refractivity contribution in [3.8, 4) is 0 Å². The van der Waals surface area contributed by atoms with Crippen molar-refractivity contribution in [3.63, 3.8) is 0 Å². The summed E-state index contributed by atoms with van der Waals surface area (Å²) >= 11 is 0. The number of nitro groups is 1. The van der Waals surface area contributed by atoms with Gasteiger partial charge in [-0.3, -0.25) is 10.1 Å². The van der Waals surface area contributed by atoms with E-state index < -0.39 is 26.3 Å². The Morgan fingerprint density at radius 1 is 1.14 bits per heavy atom. The van der Waals surface area contributed by atoms with Crippen molar-refractivity contribution in [3.05, 3.63) is 63.3 Å². The molecule has 2 atom stereocenters. The Morgan fingerprint density at radius 2 is 1.83 bits per heavy atom. The van der Waals surface area contributed by atoms with E-state index in [2.05, 4.69) is 5.32 Å². The lowest BCUT2D eigenvalue weighted by molar-refractivity contribution is -0.384. The molecule has 2 aromatic carbocycles. The van der Waals surface area contributed by atoms with Crippen LogP contribution in [-0.2, 0) is 28.0 Å². The van der Waals surface area contributed by atoms with Crippen molar-refractivity contribution in [1.82, 2.24) is 9.88 Å². The molecule has 3 aromatic rings. The van der Waals surface area contributed by atoms with Gasteiger partial charge in [0.2, 0.25) is 9.84 Å². The fraction of sp³-hybridized carbons (Fsp3) is 0.400. The average Bonchev–Trinajstić information content (AvgIpc) is 3.30. The lowest BCUT2D eigenvalue weighted by Crippen LogP contribution is -2.32. The molecule has 1 saturated heterocycles. The first kappa shape index (κ1) is 23.5. The van der Waals surface area contributed by atoms with Crippen molar-refractivity contribution in [2.24, 2.45) is 7.05 Å². The lowest BCUT2D eigenvalue weighted by atomic mass is 9.96. The van der Waals surface area contributed by atoms with Gasteiger partial charge in [0.05, 0.1) is 20.3 Å². The third-order valence-corrected chi connectivity index (χ3v) is 8.58. The van der Waals surface area contributed by atoms with Gasteiger partial charge < -0.3 is 14.6 Å². The van der Waals surface area contributed by atoms with Gasteiger partial charge in [0.25, 0.3) is 5.69 Å². The number of nitro benzene ring substituents is 1. The van der Waals surface area contributed by atoms with Gasteiger partial charge in [0, 0.05) is 54.3 Å². The van der Waals surface area contributed by atoms with Crippen molar-refractivity contribution in [2.45, 2.75) is 67.5 Å². The number of hydrogen-bond acceptors (Lipinski definition) is 7. The monoisotopic (exact) mass is 497 g/mol. The van der Waals surface area contributed by atoms with E-state index in [0.29, 0.717) is 11.4 Å². The Bertz CT molecular complexity index is 1480. The van der Waals surface area contributed by atoms with Crippen LogP contribution in [0.2, 0.25) is 0 Å². The summed E-state index contributed by atoms with van der Waals surface area (Å²) in [6, 6.07) is 8.25. The molecule has 1 N–H and O–H groups in total. The molecular weight excluding hydrogens is 470 g/mol. The summed E-state index contributed by atoms with van der Waals surface area (Å²) in [5.41, 5.74) is 1.79. The second-order valence-electron chi connectivity index (χ2n) is 10.2. The van der Waals surface area contributed by atoms with Crippen LogP contribution in [0.4, 0.5) is 5.69 Å². The first-order valence-corrected chi connectivity index (χ1v) is 13.0. The molecule has 0 radical (unpaired) electrons. The molecule has 0 saturated carbocycles. The van der Waals surface area contributed by atoms with E-state index in [1.807, 2.05) is 11.6 Å². The van der Waals surface area contributed by atoms with Crippen LogP contribution in [-0.4, -0.2) is 35.5 Å². The highest BCUT2D eigenvalue weighted by molar-refractivity contribution is 7.91. The Kier molecular flexibility index (Phi) is 5.30. The summed E-state index contributed by atoms with van der Waals surface area (Å²) < 4.78 is 35.3. The smallest absolute Gasteiger partial charge is 0.340 e. The van der Waals surface area contributed by atoms with Crippen molar-refractivity contribution in [2.75, 3.05) is 0 Å². The van der Waals surface area contributed by atoms with E-state index in [1.165, 1.54) is 18.2 Å². The van der Waals surface area contributed by atoms with E-state index in [-0.39, 0.29) is 27.1 Å². The molecule has 0 amide bonds. The number of nitrogens with zero attached hydrogens (tertiary/aromatic N) is 2. The summed E-state index contributed by atoms with van der Waals surface area (Å²) in [5.74, 6) is -0.711. The summed E-state index contributed by atoms with van der Waals surface area (Å²) in [5, 5.41) is 15.2. The number of carbonyl (C=O) groups excluding carboxylic acids is 1. The minimum atomic E-state index is -4.19. The van der Waals surface area contributed by atoms with Gasteiger partial charge in [-0.05, 0) is 63.4 Å². The Labute approximate surface area is 203 Å². The fourth-order valence-electron chi connectivity index (χ4n) is 5.29. The molecule has 9 nitrogen and oxygen atoms in total. The maximum Gasteiger partial charge on any atom is 0.340 e. The first-order valence-electron chi connectivity index (χ1n) is 11.5. The molecule has 184 valence electrons. The molecule has 2 unspecified atom stereocenters. The normalized spacial score (nSPS) is 19.5. The fourth-order valence-corrected chi connectivity index (χ4v) is 6.74. The summed E-state index contributed by atoms with van der Waals surface area (Å²) in [6.45, 7) is 5.21. The van der Waals surface area contributed by atoms with Gasteiger partial charge in [-0.25, -0.2) is 13.2 Å². The maximum absolute atomic E-state index is 13.8. The van der Waals surface area contributed by atoms with Gasteiger partial charge in [-0.15, -0.1) is 0 Å². The van der Waals surface area contributed by atoms with Gasteiger partial charge >= 0.3 is 5.97 Å². The van der Waals surface area contributed by atoms with E-state index >= 15 is 0 Å². The molecular formula is C25H27N3O6S. The SMILES string of the molecule is Cn1c2c(c3c(C(=O)OC(C)(C)C)c(S(=O)(=O)c4ccc([N+](=O)[O-])cc4)ccc31)C1CCC(C2)N1. The molecule has 2 bridgehead atoms. The topological polar surface area (TPSA) is 121 Å². The van der Waals surface area contributed by atoms with Crippen molar-refractivity contribution >= 4 is 32.4 Å². The zero-order valence-electron chi connectivity index (χ0n) is 20.0. The van der Waals surface area contributed by atoms with Gasteiger partial charge in [0.1, 0.15) is 5.60 Å². The summed E-state index contributed by atoms with van der Waals surface area (Å²) in [6.07, 6.45) is 2.72.